The normalized spacial score (nSPS) is 31.0. The van der Waals surface area contributed by atoms with Crippen LogP contribution in [0.5, 0.6) is 5.75 Å². The molecule has 0 aromatic heterocycles. The van der Waals surface area contributed by atoms with E-state index in [9.17, 15) is 36.4 Å². The Morgan fingerprint density at radius 2 is 1.68 bits per heavy atom. The van der Waals surface area contributed by atoms with Crippen LogP contribution in [0.3, 0.4) is 0 Å². The highest BCUT2D eigenvalue weighted by Gasteiger charge is 2.60. The zero-order valence-electron chi connectivity index (χ0n) is 25.9. The van der Waals surface area contributed by atoms with Crippen LogP contribution in [0.4, 0.5) is 26.3 Å². The summed E-state index contributed by atoms with van der Waals surface area (Å²) < 4.78 is 90.6. The minimum Gasteiger partial charge on any atom is -0.508 e. The minimum atomic E-state index is -5.57. The molecule has 0 spiro atoms. The zero-order valence-corrected chi connectivity index (χ0v) is 26.8. The molecule has 44 heavy (non-hydrogen) atoms. The van der Waals surface area contributed by atoms with Gasteiger partial charge in [-0.2, -0.15) is 22.0 Å². The molecule has 0 bridgehead atoms. The van der Waals surface area contributed by atoms with Gasteiger partial charge >= 0.3 is 12.1 Å². The summed E-state index contributed by atoms with van der Waals surface area (Å²) in [5, 5.41) is 21.0. The number of nitrogens with zero attached hydrogens (tertiary/aromatic N) is 1. The zero-order chi connectivity index (χ0) is 32.3. The van der Waals surface area contributed by atoms with Gasteiger partial charge in [-0.1, -0.05) is 32.3 Å². The Morgan fingerprint density at radius 3 is 2.41 bits per heavy atom. The lowest BCUT2D eigenvalue weighted by Crippen LogP contribution is -2.51. The quantitative estimate of drug-likeness (QED) is 0.150. The molecule has 0 radical (unpaired) electrons. The second kappa shape index (κ2) is 14.6. The van der Waals surface area contributed by atoms with E-state index in [0.29, 0.717) is 31.2 Å². The van der Waals surface area contributed by atoms with Gasteiger partial charge in [0.25, 0.3) is 0 Å². The van der Waals surface area contributed by atoms with Crippen LogP contribution in [-0.2, 0) is 17.2 Å². The third-order valence-corrected chi connectivity index (χ3v) is 12.3. The van der Waals surface area contributed by atoms with Gasteiger partial charge in [-0.05, 0) is 118 Å². The van der Waals surface area contributed by atoms with Gasteiger partial charge in [0.2, 0.25) is 0 Å². The van der Waals surface area contributed by atoms with Gasteiger partial charge in [0.1, 0.15) is 11.9 Å². The van der Waals surface area contributed by atoms with E-state index in [2.05, 4.69) is 11.8 Å². The van der Waals surface area contributed by atoms with Gasteiger partial charge < -0.3 is 15.1 Å². The number of aliphatic hydroxyl groups is 1. The number of halogens is 6. The molecule has 2 saturated carbocycles. The van der Waals surface area contributed by atoms with E-state index in [1.54, 1.807) is 12.1 Å². The molecular formula is C33H49F6NO3S. The van der Waals surface area contributed by atoms with Crippen molar-refractivity contribution in [3.63, 3.8) is 0 Å². The largest absolute Gasteiger partial charge is 0.508 e. The summed E-state index contributed by atoms with van der Waals surface area (Å²) in [6.07, 6.45) is -0.238. The number of phenolic OH excluding ortho intramolecular Hbond substituents is 1. The van der Waals surface area contributed by atoms with Crippen molar-refractivity contribution in [1.82, 2.24) is 4.90 Å². The van der Waals surface area contributed by atoms with Crippen LogP contribution < -0.4 is 0 Å². The maximum Gasteiger partial charge on any atom is 0.453 e. The van der Waals surface area contributed by atoms with Crippen LogP contribution in [0.2, 0.25) is 0 Å². The van der Waals surface area contributed by atoms with Gasteiger partial charge in [-0.25, -0.2) is 4.39 Å². The molecule has 8 atom stereocenters. The van der Waals surface area contributed by atoms with Crippen molar-refractivity contribution < 1.29 is 40.8 Å². The standard InChI is InChI=1S/C33H49F6NO3S/c1-31-21-27(34)30-25-11-10-24(41)20-23(25)19-22(29(30)26(31)12-13-28(31)42)9-5-3-4-6-15-40(2)16-8-18-44(43)17-7-14-32(35,36)33(37,38)39/h10-11,20,22,26-30,41-42H,3-9,12-19,21H2,1-2H3/t22-,26+,27+,28?,29+,30+,31+,44?/m1/s1. The fraction of sp³-hybridized carbons (Fsp3) is 0.818. The van der Waals surface area contributed by atoms with E-state index in [1.165, 1.54) is 0 Å². The van der Waals surface area contributed by atoms with Crippen molar-refractivity contribution in [2.75, 3.05) is 31.6 Å². The van der Waals surface area contributed by atoms with E-state index >= 15 is 4.39 Å². The van der Waals surface area contributed by atoms with Crippen LogP contribution in [0.15, 0.2) is 18.2 Å². The number of alkyl halides is 6. The Hall–Kier alpha value is -1.33. The number of benzene rings is 1. The van der Waals surface area contributed by atoms with Crippen LogP contribution in [0.1, 0.15) is 94.6 Å². The number of aliphatic hydroxyl groups excluding tert-OH is 1. The number of phenols is 1. The first-order valence-corrected chi connectivity index (χ1v) is 17.7. The Morgan fingerprint density at radius 1 is 1.00 bits per heavy atom. The predicted molar refractivity (Wildman–Crippen MR) is 161 cm³/mol. The Kier molecular flexibility index (Phi) is 11.8. The van der Waals surface area contributed by atoms with Crippen molar-refractivity contribution in [3.05, 3.63) is 29.3 Å². The highest BCUT2D eigenvalue weighted by molar-refractivity contribution is 7.84. The van der Waals surface area contributed by atoms with Crippen molar-refractivity contribution >= 4 is 10.8 Å². The third-order valence-electron chi connectivity index (χ3n) is 10.8. The molecule has 0 heterocycles. The number of unbranched alkanes of at least 4 members (excludes halogenated alkanes) is 3. The van der Waals surface area contributed by atoms with E-state index in [4.69, 9.17) is 0 Å². The summed E-state index contributed by atoms with van der Waals surface area (Å²) in [6, 6.07) is 5.39. The Labute approximate surface area is 260 Å². The number of hydrogen-bond acceptors (Lipinski definition) is 4. The maximum atomic E-state index is 15.9. The molecule has 0 amide bonds. The van der Waals surface area contributed by atoms with Crippen LogP contribution >= 0.6 is 0 Å². The van der Waals surface area contributed by atoms with Gasteiger partial charge in [0, 0.05) is 34.6 Å². The lowest BCUT2D eigenvalue weighted by Gasteiger charge is -2.54. The second-order valence-corrected chi connectivity index (χ2v) is 15.6. The number of hydrogen-bond donors (Lipinski definition) is 2. The fourth-order valence-electron chi connectivity index (χ4n) is 8.48. The van der Waals surface area contributed by atoms with E-state index in [-0.39, 0.29) is 34.5 Å². The summed E-state index contributed by atoms with van der Waals surface area (Å²) in [5.41, 5.74) is 1.71. The molecule has 3 aliphatic rings. The highest BCUT2D eigenvalue weighted by atomic mass is 32.2. The smallest absolute Gasteiger partial charge is 0.453 e. The summed E-state index contributed by atoms with van der Waals surface area (Å²) >= 11 is 0. The van der Waals surface area contributed by atoms with E-state index < -0.39 is 48.0 Å². The number of rotatable bonds is 15. The fourth-order valence-corrected chi connectivity index (χ4v) is 9.60. The summed E-state index contributed by atoms with van der Waals surface area (Å²) in [6.45, 7) is 3.61. The molecule has 0 aliphatic heterocycles. The summed E-state index contributed by atoms with van der Waals surface area (Å²) in [7, 11) is 0.547. The first-order chi connectivity index (χ1) is 20.6. The van der Waals surface area contributed by atoms with Gasteiger partial charge in [0.05, 0.1) is 6.10 Å². The molecule has 3 aliphatic carbocycles. The average molecular weight is 654 g/mol. The van der Waals surface area contributed by atoms with Crippen molar-refractivity contribution in [3.8, 4) is 5.75 Å². The summed E-state index contributed by atoms with van der Waals surface area (Å²) in [5.74, 6) is -3.78. The van der Waals surface area contributed by atoms with E-state index in [0.717, 1.165) is 69.0 Å². The Balaban J connectivity index is 1.17. The van der Waals surface area contributed by atoms with Crippen LogP contribution in [0.25, 0.3) is 0 Å². The molecule has 2 unspecified atom stereocenters. The lowest BCUT2D eigenvalue weighted by atomic mass is 9.51. The average Bonchev–Trinajstić information content (AvgIpc) is 3.22. The van der Waals surface area contributed by atoms with Gasteiger partial charge in [-0.3, -0.25) is 4.21 Å². The van der Waals surface area contributed by atoms with Crippen molar-refractivity contribution in [2.24, 2.45) is 23.2 Å². The minimum absolute atomic E-state index is 0.155. The Bertz CT molecular complexity index is 1120. The third kappa shape index (κ3) is 8.14. The maximum absolute atomic E-state index is 15.9. The molecule has 4 rings (SSSR count). The molecular weight excluding hydrogens is 604 g/mol. The molecule has 2 fully saturated rings. The van der Waals surface area contributed by atoms with Gasteiger partial charge in [0.15, 0.2) is 0 Å². The molecule has 1 aromatic rings. The first kappa shape index (κ1) is 35.5. The van der Waals surface area contributed by atoms with Crippen LogP contribution in [-0.4, -0.2) is 75.3 Å². The van der Waals surface area contributed by atoms with Crippen molar-refractivity contribution in [2.45, 2.75) is 114 Å². The topological polar surface area (TPSA) is 60.8 Å². The monoisotopic (exact) mass is 653 g/mol. The van der Waals surface area contributed by atoms with Gasteiger partial charge in [-0.15, -0.1) is 0 Å². The number of fused-ring (bicyclic) bond motifs is 5. The van der Waals surface area contributed by atoms with E-state index in [1.807, 2.05) is 13.1 Å². The molecule has 2 N–H and O–H groups in total. The number of aromatic hydroxyl groups is 1. The molecule has 11 heteroatoms. The second-order valence-electron chi connectivity index (χ2n) is 13.9. The SMILES string of the molecule is CN(CCCCCC[C@@H]1Cc2cc(O)ccc2[C@@H]2[C@@H]1[C@@H]1CCC(O)[C@@]1(C)C[C@@H]2F)CCCS(=O)CCCC(F)(F)C(F)(F)F. The van der Waals surface area contributed by atoms with Crippen LogP contribution in [0, 0.1) is 23.2 Å². The molecule has 252 valence electrons. The summed E-state index contributed by atoms with van der Waals surface area (Å²) in [4.78, 5) is 2.12. The predicted octanol–water partition coefficient (Wildman–Crippen LogP) is 7.78. The molecule has 0 saturated heterocycles. The molecule has 1 aromatic carbocycles. The van der Waals surface area contributed by atoms with Crippen molar-refractivity contribution in [1.29, 1.82) is 0 Å². The molecule has 4 nitrogen and oxygen atoms in total. The first-order valence-electron chi connectivity index (χ1n) is 16.3. The lowest BCUT2D eigenvalue weighted by molar-refractivity contribution is -0.284. The highest BCUT2D eigenvalue weighted by Crippen LogP contribution is 2.63.